The number of rotatable bonds is 9. The highest BCUT2D eigenvalue weighted by atomic mass is 16.5. The minimum Gasteiger partial charge on any atom is -0.504 e. The quantitative estimate of drug-likeness (QED) is 0.535. The van der Waals surface area contributed by atoms with E-state index in [1.807, 2.05) is 31.2 Å². The summed E-state index contributed by atoms with van der Waals surface area (Å²) < 4.78 is 10.4. The lowest BCUT2D eigenvalue weighted by molar-refractivity contribution is -0.121. The molecule has 0 amide bonds. The molecule has 2 aromatic carbocycles. The van der Waals surface area contributed by atoms with Gasteiger partial charge in [-0.15, -0.1) is 0 Å². The number of hydrogen-bond acceptors (Lipinski definition) is 5. The maximum Gasteiger partial charge on any atom is 0.163 e. The Morgan fingerprint density at radius 1 is 1.00 bits per heavy atom. The number of carbonyl (C=O) groups excluding carboxylic acids is 2. The standard InChI is InChI=1S/C22H22O5/c1-3-27-20-6-4-5-16(13-20)7-10-18(23)15-19(24)11-8-17-9-12-21(25)22(14-17)26-2/h4-14,25H,3,15H2,1-2H3/b10-7+,11-8+. The molecule has 5 nitrogen and oxygen atoms in total. The van der Waals surface area contributed by atoms with Crippen molar-refractivity contribution in [1.82, 2.24) is 0 Å². The average Bonchev–Trinajstić information content (AvgIpc) is 2.66. The molecule has 2 rings (SSSR count). The molecule has 0 aromatic heterocycles. The fourth-order valence-corrected chi connectivity index (χ4v) is 2.34. The van der Waals surface area contributed by atoms with E-state index in [2.05, 4.69) is 0 Å². The van der Waals surface area contributed by atoms with Crippen molar-refractivity contribution in [2.45, 2.75) is 13.3 Å². The number of phenolic OH excluding ortho intramolecular Hbond substituents is 1. The molecule has 2 aromatic rings. The van der Waals surface area contributed by atoms with Crippen LogP contribution in [0.2, 0.25) is 0 Å². The summed E-state index contributed by atoms with van der Waals surface area (Å²) in [6, 6.07) is 12.1. The highest BCUT2D eigenvalue weighted by Crippen LogP contribution is 2.26. The van der Waals surface area contributed by atoms with Gasteiger partial charge in [0.15, 0.2) is 23.1 Å². The first-order chi connectivity index (χ1) is 13.0. The van der Waals surface area contributed by atoms with Crippen LogP contribution < -0.4 is 9.47 Å². The molecule has 0 fully saturated rings. The minimum absolute atomic E-state index is 0.0229. The Balaban J connectivity index is 1.93. The van der Waals surface area contributed by atoms with Gasteiger partial charge in [0.25, 0.3) is 0 Å². The minimum atomic E-state index is -0.306. The van der Waals surface area contributed by atoms with Crippen LogP contribution in [0, 0.1) is 0 Å². The Bertz CT molecular complexity index is 865. The van der Waals surface area contributed by atoms with Crippen LogP contribution >= 0.6 is 0 Å². The van der Waals surface area contributed by atoms with Crippen LogP contribution in [-0.2, 0) is 9.59 Å². The van der Waals surface area contributed by atoms with Gasteiger partial charge in [-0.05, 0) is 54.5 Å². The van der Waals surface area contributed by atoms with E-state index in [0.717, 1.165) is 11.3 Å². The Kier molecular flexibility index (Phi) is 7.37. The molecule has 0 saturated heterocycles. The van der Waals surface area contributed by atoms with Crippen molar-refractivity contribution >= 4 is 23.7 Å². The van der Waals surface area contributed by atoms with Gasteiger partial charge in [-0.3, -0.25) is 9.59 Å². The lowest BCUT2D eigenvalue weighted by Gasteiger charge is -2.03. The van der Waals surface area contributed by atoms with Gasteiger partial charge in [-0.2, -0.15) is 0 Å². The zero-order chi connectivity index (χ0) is 19.6. The molecule has 27 heavy (non-hydrogen) atoms. The van der Waals surface area contributed by atoms with E-state index in [1.54, 1.807) is 24.3 Å². The van der Waals surface area contributed by atoms with Crippen LogP contribution in [-0.4, -0.2) is 30.4 Å². The molecular formula is C22H22O5. The second-order valence-electron chi connectivity index (χ2n) is 5.71. The van der Waals surface area contributed by atoms with E-state index in [1.165, 1.54) is 25.3 Å². The third-order valence-electron chi connectivity index (χ3n) is 3.64. The van der Waals surface area contributed by atoms with E-state index in [-0.39, 0.29) is 23.7 Å². The second kappa shape index (κ2) is 9.97. The summed E-state index contributed by atoms with van der Waals surface area (Å²) >= 11 is 0. The zero-order valence-electron chi connectivity index (χ0n) is 15.3. The van der Waals surface area contributed by atoms with E-state index in [9.17, 15) is 14.7 Å². The number of aromatic hydroxyl groups is 1. The molecule has 5 heteroatoms. The highest BCUT2D eigenvalue weighted by Gasteiger charge is 2.05. The second-order valence-corrected chi connectivity index (χ2v) is 5.71. The summed E-state index contributed by atoms with van der Waals surface area (Å²) in [5.74, 6) is 0.484. The highest BCUT2D eigenvalue weighted by molar-refractivity contribution is 6.10. The number of benzene rings is 2. The maximum absolute atomic E-state index is 12.0. The third-order valence-corrected chi connectivity index (χ3v) is 3.64. The van der Waals surface area contributed by atoms with E-state index >= 15 is 0 Å². The average molecular weight is 366 g/mol. The molecule has 1 N–H and O–H groups in total. The maximum atomic E-state index is 12.0. The lowest BCUT2D eigenvalue weighted by Crippen LogP contribution is -2.01. The van der Waals surface area contributed by atoms with Gasteiger partial charge in [0, 0.05) is 0 Å². The van der Waals surface area contributed by atoms with Gasteiger partial charge in [0.2, 0.25) is 0 Å². The van der Waals surface area contributed by atoms with Crippen molar-refractivity contribution < 1.29 is 24.2 Å². The summed E-state index contributed by atoms with van der Waals surface area (Å²) in [4.78, 5) is 23.9. The number of ketones is 2. The zero-order valence-corrected chi connectivity index (χ0v) is 15.3. The van der Waals surface area contributed by atoms with Gasteiger partial charge < -0.3 is 14.6 Å². The fourth-order valence-electron chi connectivity index (χ4n) is 2.34. The van der Waals surface area contributed by atoms with Crippen LogP contribution in [0.1, 0.15) is 24.5 Å². The number of hydrogen-bond donors (Lipinski definition) is 1. The normalized spacial score (nSPS) is 11.0. The molecule has 0 heterocycles. The summed E-state index contributed by atoms with van der Waals surface area (Å²) in [7, 11) is 1.45. The van der Waals surface area contributed by atoms with Crippen LogP contribution in [0.5, 0.6) is 17.2 Å². The molecule has 0 atom stereocenters. The fraction of sp³-hybridized carbons (Fsp3) is 0.182. The van der Waals surface area contributed by atoms with Crippen LogP contribution in [0.3, 0.4) is 0 Å². The van der Waals surface area contributed by atoms with Crippen molar-refractivity contribution in [1.29, 1.82) is 0 Å². The lowest BCUT2D eigenvalue weighted by atomic mass is 10.1. The molecule has 0 aliphatic rings. The van der Waals surface area contributed by atoms with Gasteiger partial charge in [-0.25, -0.2) is 0 Å². The Hall–Kier alpha value is -3.34. The summed E-state index contributed by atoms with van der Waals surface area (Å²) in [5, 5.41) is 9.56. The predicted octanol–water partition coefficient (Wildman–Crippen LogP) is 4.05. The molecule has 140 valence electrons. The van der Waals surface area contributed by atoms with Crippen molar-refractivity contribution in [2.24, 2.45) is 0 Å². The molecule has 0 spiro atoms. The van der Waals surface area contributed by atoms with E-state index < -0.39 is 0 Å². The number of carbonyl (C=O) groups is 2. The topological polar surface area (TPSA) is 72.8 Å². The van der Waals surface area contributed by atoms with Gasteiger partial charge in [0.05, 0.1) is 20.1 Å². The molecule has 0 bridgehead atoms. The van der Waals surface area contributed by atoms with Crippen molar-refractivity contribution in [2.75, 3.05) is 13.7 Å². The number of ether oxygens (including phenoxy) is 2. The monoisotopic (exact) mass is 366 g/mol. The van der Waals surface area contributed by atoms with Crippen LogP contribution in [0.4, 0.5) is 0 Å². The number of allylic oxidation sites excluding steroid dienone is 2. The van der Waals surface area contributed by atoms with E-state index in [0.29, 0.717) is 17.9 Å². The van der Waals surface area contributed by atoms with Crippen LogP contribution in [0.15, 0.2) is 54.6 Å². The van der Waals surface area contributed by atoms with Crippen LogP contribution in [0.25, 0.3) is 12.2 Å². The first-order valence-electron chi connectivity index (χ1n) is 8.53. The van der Waals surface area contributed by atoms with Gasteiger partial charge >= 0.3 is 0 Å². The summed E-state index contributed by atoms with van der Waals surface area (Å²) in [6.07, 6.45) is 5.75. The molecule has 0 aliphatic carbocycles. The summed E-state index contributed by atoms with van der Waals surface area (Å²) in [6.45, 7) is 2.47. The van der Waals surface area contributed by atoms with Crippen molar-refractivity contribution in [3.05, 3.63) is 65.7 Å². The van der Waals surface area contributed by atoms with Crippen molar-refractivity contribution in [3.8, 4) is 17.2 Å². The Morgan fingerprint density at radius 3 is 2.30 bits per heavy atom. The molecule has 0 aliphatic heterocycles. The van der Waals surface area contributed by atoms with E-state index in [4.69, 9.17) is 9.47 Å². The summed E-state index contributed by atoms with van der Waals surface area (Å²) in [5.41, 5.74) is 1.52. The molecular weight excluding hydrogens is 344 g/mol. The first-order valence-corrected chi connectivity index (χ1v) is 8.53. The smallest absolute Gasteiger partial charge is 0.163 e. The SMILES string of the molecule is CCOc1cccc(/C=C/C(=O)CC(=O)/C=C/c2ccc(O)c(OC)c2)c1. The third kappa shape index (κ3) is 6.47. The largest absolute Gasteiger partial charge is 0.504 e. The Labute approximate surface area is 158 Å². The molecule has 0 saturated carbocycles. The van der Waals surface area contributed by atoms with Gasteiger partial charge in [-0.1, -0.05) is 30.4 Å². The number of phenols is 1. The predicted molar refractivity (Wildman–Crippen MR) is 105 cm³/mol. The Morgan fingerprint density at radius 2 is 1.67 bits per heavy atom. The molecule has 0 radical (unpaired) electrons. The van der Waals surface area contributed by atoms with Gasteiger partial charge in [0.1, 0.15) is 5.75 Å². The van der Waals surface area contributed by atoms with Crippen molar-refractivity contribution in [3.63, 3.8) is 0 Å². The first kappa shape index (κ1) is 20.0. The molecule has 0 unspecified atom stereocenters. The number of methoxy groups -OCH3 is 1.